The molecule has 21 heavy (non-hydrogen) atoms. The Morgan fingerprint density at radius 2 is 2.14 bits per heavy atom. The first-order valence-electron chi connectivity index (χ1n) is 7.74. The van der Waals surface area contributed by atoms with Crippen LogP contribution in [0.15, 0.2) is 4.90 Å². The van der Waals surface area contributed by atoms with Gasteiger partial charge in [-0.15, -0.1) is 23.1 Å². The van der Waals surface area contributed by atoms with Gasteiger partial charge in [-0.05, 0) is 38.4 Å². The third kappa shape index (κ3) is 3.95. The van der Waals surface area contributed by atoms with Crippen molar-refractivity contribution >= 4 is 39.6 Å². The Bertz CT molecular complexity index is 509. The zero-order chi connectivity index (χ0) is 15.6. The number of rotatable bonds is 8. The number of Topliss-reactive ketones (excluding diaryl/α,β-unsaturated/α-hetero) is 1. The summed E-state index contributed by atoms with van der Waals surface area (Å²) in [6, 6.07) is 0.396. The third-order valence-corrected chi connectivity index (χ3v) is 6.22. The summed E-state index contributed by atoms with van der Waals surface area (Å²) in [5.41, 5.74) is 6.90. The minimum absolute atomic E-state index is 0.228. The Balaban J connectivity index is 2.14. The third-order valence-electron chi connectivity index (χ3n) is 4.11. The summed E-state index contributed by atoms with van der Waals surface area (Å²) in [7, 11) is 0. The first-order valence-corrected chi connectivity index (χ1v) is 9.79. The Morgan fingerprint density at radius 3 is 2.67 bits per heavy atom. The van der Waals surface area contributed by atoms with Crippen LogP contribution in [0.1, 0.15) is 56.1 Å². The number of nitrogens with two attached hydrogens (primary N) is 1. The van der Waals surface area contributed by atoms with Gasteiger partial charge < -0.3 is 11.1 Å². The smallest absolute Gasteiger partial charge is 0.178 e. The molecule has 0 radical (unpaired) electrons. The van der Waals surface area contributed by atoms with Gasteiger partial charge in [0.25, 0.3) is 0 Å². The predicted octanol–water partition coefficient (Wildman–Crippen LogP) is 4.88. The summed E-state index contributed by atoms with van der Waals surface area (Å²) in [4.78, 5) is 14.1. The second-order valence-corrected chi connectivity index (χ2v) is 7.98. The van der Waals surface area contributed by atoms with Crippen LogP contribution in [-0.2, 0) is 0 Å². The average Bonchev–Trinajstić information content (AvgIpc) is 3.24. The summed E-state index contributed by atoms with van der Waals surface area (Å²) in [5, 5.41) is 4.64. The molecular weight excluding hydrogens is 300 g/mol. The van der Waals surface area contributed by atoms with Crippen molar-refractivity contribution in [1.82, 2.24) is 0 Å². The highest BCUT2D eigenvalue weighted by Crippen LogP contribution is 2.45. The van der Waals surface area contributed by atoms with Gasteiger partial charge in [0.1, 0.15) is 5.00 Å². The van der Waals surface area contributed by atoms with Crippen LogP contribution in [0.4, 0.5) is 10.7 Å². The number of carbonyl (C=O) groups excluding carboxylic acids is 1. The van der Waals surface area contributed by atoms with Crippen LogP contribution in [0.5, 0.6) is 0 Å². The molecule has 0 bridgehead atoms. The van der Waals surface area contributed by atoms with E-state index in [4.69, 9.17) is 5.73 Å². The minimum atomic E-state index is 0.228. The van der Waals surface area contributed by atoms with Crippen LogP contribution in [0.2, 0.25) is 0 Å². The Morgan fingerprint density at radius 1 is 1.48 bits per heavy atom. The van der Waals surface area contributed by atoms with Crippen molar-refractivity contribution in [2.24, 2.45) is 11.8 Å². The molecule has 5 heteroatoms. The van der Waals surface area contributed by atoms with Gasteiger partial charge in [-0.3, -0.25) is 4.79 Å². The molecule has 0 aromatic carbocycles. The van der Waals surface area contributed by atoms with E-state index in [1.165, 1.54) is 6.42 Å². The second kappa shape index (κ2) is 7.05. The van der Waals surface area contributed by atoms with Crippen molar-refractivity contribution in [2.45, 2.75) is 57.4 Å². The Kier molecular flexibility index (Phi) is 5.60. The van der Waals surface area contributed by atoms with E-state index in [1.54, 1.807) is 23.1 Å². The van der Waals surface area contributed by atoms with Crippen LogP contribution in [0, 0.1) is 11.8 Å². The first kappa shape index (κ1) is 16.7. The molecule has 3 N–H and O–H groups in total. The van der Waals surface area contributed by atoms with Crippen molar-refractivity contribution in [1.29, 1.82) is 0 Å². The first-order chi connectivity index (χ1) is 9.97. The molecule has 0 amide bonds. The number of carbonyl (C=O) groups is 1. The molecule has 3 nitrogen and oxygen atoms in total. The maximum atomic E-state index is 12.3. The van der Waals surface area contributed by atoms with E-state index in [0.717, 1.165) is 34.0 Å². The molecule has 1 aliphatic rings. The highest BCUT2D eigenvalue weighted by molar-refractivity contribution is 7.99. The van der Waals surface area contributed by atoms with Crippen molar-refractivity contribution in [3.8, 4) is 0 Å². The second-order valence-electron chi connectivity index (χ2n) is 6.14. The molecule has 2 unspecified atom stereocenters. The Hall–Kier alpha value is -0.680. The molecule has 2 atom stereocenters. The van der Waals surface area contributed by atoms with Gasteiger partial charge in [-0.2, -0.15) is 0 Å². The van der Waals surface area contributed by atoms with Crippen LogP contribution in [0.25, 0.3) is 0 Å². The summed E-state index contributed by atoms with van der Waals surface area (Å²) in [6.07, 6.45) is 6.40. The van der Waals surface area contributed by atoms with E-state index in [1.807, 2.05) is 6.26 Å². The fourth-order valence-electron chi connectivity index (χ4n) is 2.49. The van der Waals surface area contributed by atoms with Crippen LogP contribution >= 0.6 is 23.1 Å². The molecule has 2 rings (SSSR count). The normalized spacial score (nSPS) is 17.5. The molecule has 1 aromatic rings. The summed E-state index contributed by atoms with van der Waals surface area (Å²) >= 11 is 3.17. The lowest BCUT2D eigenvalue weighted by molar-refractivity contribution is 0.0972. The van der Waals surface area contributed by atoms with Crippen molar-refractivity contribution in [3.05, 3.63) is 4.88 Å². The van der Waals surface area contributed by atoms with E-state index >= 15 is 0 Å². The van der Waals surface area contributed by atoms with Gasteiger partial charge in [0.15, 0.2) is 5.78 Å². The number of hydrogen-bond acceptors (Lipinski definition) is 5. The van der Waals surface area contributed by atoms with Crippen molar-refractivity contribution in [3.63, 3.8) is 0 Å². The lowest BCUT2D eigenvalue weighted by Gasteiger charge is -2.18. The van der Waals surface area contributed by atoms with E-state index in [2.05, 4.69) is 26.1 Å². The molecule has 1 aromatic heterocycles. The lowest BCUT2D eigenvalue weighted by Crippen LogP contribution is -2.17. The number of hydrogen-bond donors (Lipinski definition) is 2. The number of nitrogens with one attached hydrogen (secondary N) is 1. The van der Waals surface area contributed by atoms with E-state index < -0.39 is 0 Å². The molecule has 1 fully saturated rings. The van der Waals surface area contributed by atoms with E-state index in [-0.39, 0.29) is 11.7 Å². The fraction of sp³-hybridized carbons (Fsp3) is 0.688. The monoisotopic (exact) mass is 326 g/mol. The molecule has 0 saturated heterocycles. The maximum absolute atomic E-state index is 12.3. The number of ketones is 1. The summed E-state index contributed by atoms with van der Waals surface area (Å²) < 4.78 is 0. The van der Waals surface area contributed by atoms with Gasteiger partial charge in [0.2, 0.25) is 0 Å². The van der Waals surface area contributed by atoms with Gasteiger partial charge >= 0.3 is 0 Å². The molecule has 1 aliphatic carbocycles. The Labute approximate surface area is 136 Å². The SMILES string of the molecule is CCC(C)CC(C)Nc1sc(C(=O)C2CC2)c(N)c1SC. The lowest BCUT2D eigenvalue weighted by atomic mass is 10.0. The summed E-state index contributed by atoms with van der Waals surface area (Å²) in [6.45, 7) is 6.70. The van der Waals surface area contributed by atoms with Gasteiger partial charge in [0, 0.05) is 12.0 Å². The van der Waals surface area contributed by atoms with Crippen LogP contribution < -0.4 is 11.1 Å². The quantitative estimate of drug-likeness (QED) is 0.528. The maximum Gasteiger partial charge on any atom is 0.178 e. The van der Waals surface area contributed by atoms with Crippen molar-refractivity contribution < 1.29 is 4.79 Å². The highest BCUT2D eigenvalue weighted by Gasteiger charge is 2.34. The van der Waals surface area contributed by atoms with E-state index in [0.29, 0.717) is 17.6 Å². The molecule has 1 saturated carbocycles. The largest absolute Gasteiger partial charge is 0.396 e. The molecule has 0 aliphatic heterocycles. The average molecular weight is 327 g/mol. The number of anilines is 2. The molecule has 0 spiro atoms. The zero-order valence-corrected chi connectivity index (χ0v) is 15.0. The number of nitrogen functional groups attached to an aromatic ring is 1. The summed E-state index contributed by atoms with van der Waals surface area (Å²) in [5.74, 6) is 1.18. The predicted molar refractivity (Wildman–Crippen MR) is 94.7 cm³/mol. The van der Waals surface area contributed by atoms with Gasteiger partial charge in [-0.1, -0.05) is 20.3 Å². The van der Waals surface area contributed by atoms with Crippen LogP contribution in [0.3, 0.4) is 0 Å². The number of thioether (sulfide) groups is 1. The van der Waals surface area contributed by atoms with Gasteiger partial charge in [-0.25, -0.2) is 0 Å². The molecule has 1 heterocycles. The molecular formula is C16H26N2OS2. The highest BCUT2D eigenvalue weighted by atomic mass is 32.2. The fourth-order valence-corrected chi connectivity index (χ4v) is 4.65. The molecule has 118 valence electrons. The van der Waals surface area contributed by atoms with E-state index in [9.17, 15) is 4.79 Å². The minimum Gasteiger partial charge on any atom is -0.396 e. The van der Waals surface area contributed by atoms with Gasteiger partial charge in [0.05, 0.1) is 15.5 Å². The standard InChI is InChI=1S/C16H26N2OS2/c1-5-9(2)8-10(3)18-16-15(20-4)12(17)14(21-16)13(19)11-6-7-11/h9-11,18H,5-8,17H2,1-4H3. The zero-order valence-electron chi connectivity index (χ0n) is 13.4. The van der Waals surface area contributed by atoms with Crippen molar-refractivity contribution in [2.75, 3.05) is 17.3 Å². The topological polar surface area (TPSA) is 55.1 Å². The number of thiophene rings is 1. The van der Waals surface area contributed by atoms with Crippen LogP contribution in [-0.4, -0.2) is 18.1 Å².